The summed E-state index contributed by atoms with van der Waals surface area (Å²) in [5.41, 5.74) is 12.9. The molecule has 3 aromatic heterocycles. The highest BCUT2D eigenvalue weighted by Gasteiger charge is 2.18. The summed E-state index contributed by atoms with van der Waals surface area (Å²) in [5, 5.41) is 9.39. The molecule has 0 aliphatic carbocycles. The molecule has 0 radical (unpaired) electrons. The first-order valence-electron chi connectivity index (χ1n) is 18.7. The molecule has 0 bridgehead atoms. The second kappa shape index (κ2) is 12.6. The zero-order valence-electron chi connectivity index (χ0n) is 29.9. The number of hydrogen-bond donors (Lipinski definition) is 1. The third kappa shape index (κ3) is 5.20. The van der Waals surface area contributed by atoms with E-state index in [2.05, 4.69) is 179 Å². The number of hydrogen-bond acceptors (Lipinski definition) is 4. The molecule has 1 N–H and O–H groups in total. The minimum absolute atomic E-state index is 0.820. The van der Waals surface area contributed by atoms with Crippen molar-refractivity contribution in [2.75, 3.05) is 11.4 Å². The van der Waals surface area contributed by atoms with Crippen LogP contribution in [0.15, 0.2) is 193 Å². The lowest BCUT2D eigenvalue weighted by Gasteiger charge is -2.26. The highest BCUT2D eigenvalue weighted by atomic mass is 16.3. The fraction of sp³-hybridized carbons (Fsp3) is 0.0200. The van der Waals surface area contributed by atoms with Crippen LogP contribution < -0.4 is 10.2 Å². The van der Waals surface area contributed by atoms with Crippen LogP contribution in [0.25, 0.3) is 82.7 Å². The van der Waals surface area contributed by atoms with Gasteiger partial charge in [-0.3, -0.25) is 9.55 Å². The number of anilines is 3. The summed E-state index contributed by atoms with van der Waals surface area (Å²) in [6.07, 6.45) is 8.28. The highest BCUT2D eigenvalue weighted by molar-refractivity contribution is 6.11. The number of pyridine rings is 1. The number of furan rings is 1. The number of nitrogens with zero attached hydrogens (tertiary/aromatic N) is 3. The van der Waals surface area contributed by atoms with Crippen molar-refractivity contribution in [1.82, 2.24) is 14.9 Å². The van der Waals surface area contributed by atoms with Crippen LogP contribution in [0, 0.1) is 0 Å². The summed E-state index contributed by atoms with van der Waals surface area (Å²) in [4.78, 5) is 7.17. The average molecular weight is 707 g/mol. The van der Waals surface area contributed by atoms with Crippen LogP contribution in [0.2, 0.25) is 0 Å². The summed E-state index contributed by atoms with van der Waals surface area (Å²) in [6.45, 7) is 0.820. The summed E-state index contributed by atoms with van der Waals surface area (Å²) < 4.78 is 8.44. The van der Waals surface area contributed by atoms with E-state index >= 15 is 0 Å². The van der Waals surface area contributed by atoms with Gasteiger partial charge in [-0.15, -0.1) is 0 Å². The van der Waals surface area contributed by atoms with Crippen molar-refractivity contribution in [3.63, 3.8) is 0 Å². The van der Waals surface area contributed by atoms with E-state index in [1.807, 2.05) is 24.4 Å². The number of para-hydroxylation sites is 3. The van der Waals surface area contributed by atoms with Gasteiger partial charge in [0.25, 0.3) is 0 Å². The molecule has 4 heterocycles. The van der Waals surface area contributed by atoms with Crippen LogP contribution in [0.4, 0.5) is 17.1 Å². The smallest absolute Gasteiger partial charge is 0.135 e. The molecule has 0 atom stereocenters. The lowest BCUT2D eigenvalue weighted by molar-refractivity contribution is 0.669. The van der Waals surface area contributed by atoms with Crippen molar-refractivity contribution in [1.29, 1.82) is 0 Å². The van der Waals surface area contributed by atoms with Crippen LogP contribution in [0.3, 0.4) is 0 Å². The third-order valence-corrected chi connectivity index (χ3v) is 10.9. The SMILES string of the molecule is C1=CCNC(n2c3ccccc3c3cc(-c4ccc(N(c5ccc(-c6ccc7oc8ccccc8c7c6)cc5)c5cccc6cccnc56)cc4)ccc32)=C1. The molecule has 260 valence electrons. The van der Waals surface area contributed by atoms with Gasteiger partial charge in [-0.05, 0) is 101 Å². The molecule has 0 spiro atoms. The summed E-state index contributed by atoms with van der Waals surface area (Å²) in [7, 11) is 0. The van der Waals surface area contributed by atoms with E-state index in [1.54, 1.807) is 0 Å². The zero-order valence-corrected chi connectivity index (χ0v) is 29.9. The number of fused-ring (bicyclic) bond motifs is 7. The highest BCUT2D eigenvalue weighted by Crippen LogP contribution is 2.41. The Hall–Kier alpha value is -7.37. The number of allylic oxidation sites excluding steroid dienone is 2. The molecule has 5 nitrogen and oxygen atoms in total. The van der Waals surface area contributed by atoms with Gasteiger partial charge in [-0.25, -0.2) is 0 Å². The largest absolute Gasteiger partial charge is 0.456 e. The van der Waals surface area contributed by atoms with E-state index in [1.165, 1.54) is 27.4 Å². The minimum atomic E-state index is 0.820. The van der Waals surface area contributed by atoms with Crippen LogP contribution in [0.5, 0.6) is 0 Å². The van der Waals surface area contributed by atoms with Crippen LogP contribution in [-0.4, -0.2) is 16.1 Å². The normalized spacial score (nSPS) is 12.8. The van der Waals surface area contributed by atoms with Gasteiger partial charge >= 0.3 is 0 Å². The van der Waals surface area contributed by atoms with Crippen molar-refractivity contribution >= 4 is 77.5 Å². The summed E-state index contributed by atoms with van der Waals surface area (Å²) in [6, 6.07) is 58.4. The van der Waals surface area contributed by atoms with Crippen LogP contribution in [-0.2, 0) is 0 Å². The van der Waals surface area contributed by atoms with Gasteiger partial charge in [-0.2, -0.15) is 0 Å². The topological polar surface area (TPSA) is 46.2 Å². The van der Waals surface area contributed by atoms with Crippen LogP contribution >= 0.6 is 0 Å². The molecule has 7 aromatic carbocycles. The Labute approximate surface area is 317 Å². The molecule has 1 aliphatic heterocycles. The first kappa shape index (κ1) is 31.2. The van der Waals surface area contributed by atoms with Gasteiger partial charge in [0, 0.05) is 51.0 Å². The lowest BCUT2D eigenvalue weighted by Crippen LogP contribution is -2.19. The van der Waals surface area contributed by atoms with E-state index < -0.39 is 0 Å². The number of benzene rings is 7. The molecule has 0 amide bonds. The number of nitrogens with one attached hydrogen (secondary N) is 1. The van der Waals surface area contributed by atoms with Gasteiger partial charge in [-0.1, -0.05) is 103 Å². The van der Waals surface area contributed by atoms with Gasteiger partial charge in [0.15, 0.2) is 0 Å². The molecule has 10 aromatic rings. The second-order valence-electron chi connectivity index (χ2n) is 14.0. The molecule has 55 heavy (non-hydrogen) atoms. The van der Waals surface area contributed by atoms with E-state index in [0.29, 0.717) is 0 Å². The maximum absolute atomic E-state index is 6.10. The van der Waals surface area contributed by atoms with Crippen molar-refractivity contribution < 1.29 is 4.42 Å². The van der Waals surface area contributed by atoms with E-state index in [9.17, 15) is 0 Å². The second-order valence-corrected chi connectivity index (χ2v) is 14.0. The van der Waals surface area contributed by atoms with Crippen molar-refractivity contribution in [2.45, 2.75) is 0 Å². The fourth-order valence-corrected chi connectivity index (χ4v) is 8.22. The predicted molar refractivity (Wildman–Crippen MR) is 229 cm³/mol. The van der Waals surface area contributed by atoms with Crippen molar-refractivity contribution in [3.05, 3.63) is 188 Å². The monoisotopic (exact) mass is 706 g/mol. The summed E-state index contributed by atoms with van der Waals surface area (Å²) >= 11 is 0. The van der Waals surface area contributed by atoms with E-state index in [0.717, 1.165) is 79.0 Å². The molecule has 0 unspecified atom stereocenters. The Balaban J connectivity index is 0.991. The third-order valence-electron chi connectivity index (χ3n) is 10.9. The number of dihydropyridines is 1. The number of rotatable bonds is 6. The molecule has 0 saturated carbocycles. The minimum Gasteiger partial charge on any atom is -0.456 e. The van der Waals surface area contributed by atoms with Gasteiger partial charge < -0.3 is 14.6 Å². The van der Waals surface area contributed by atoms with Crippen molar-refractivity contribution in [3.8, 4) is 22.3 Å². The maximum atomic E-state index is 6.10. The molecule has 1 aliphatic rings. The Morgan fingerprint density at radius 3 is 1.98 bits per heavy atom. The van der Waals surface area contributed by atoms with Gasteiger partial charge in [0.2, 0.25) is 0 Å². The number of aromatic nitrogens is 2. The summed E-state index contributed by atoms with van der Waals surface area (Å²) in [5.74, 6) is 1.09. The molecular formula is C50H34N4O. The van der Waals surface area contributed by atoms with E-state index in [-0.39, 0.29) is 0 Å². The van der Waals surface area contributed by atoms with Gasteiger partial charge in [0.05, 0.1) is 22.2 Å². The maximum Gasteiger partial charge on any atom is 0.135 e. The zero-order chi connectivity index (χ0) is 36.3. The quantitative estimate of drug-likeness (QED) is 0.187. The molecule has 5 heteroatoms. The Bertz CT molecular complexity index is 3140. The standard InChI is InChI=1S/C50H34N4O/c1-3-13-44-40(11-1)42-31-36(21-27-45(42)54(44)49-16-5-6-29-51-49)33-17-23-38(24-18-33)53(46-14-7-9-35-10-8-30-52-50(35)46)39-25-19-34(20-26-39)37-22-28-48-43(32-37)41-12-2-4-15-47(41)55-48/h1-28,30-32,51H,29H2. The van der Waals surface area contributed by atoms with Crippen LogP contribution in [0.1, 0.15) is 0 Å². The molecule has 11 rings (SSSR count). The Morgan fingerprint density at radius 2 is 1.20 bits per heavy atom. The first-order chi connectivity index (χ1) is 27.3. The first-order valence-corrected chi connectivity index (χ1v) is 18.7. The molecule has 0 saturated heterocycles. The van der Waals surface area contributed by atoms with Gasteiger partial charge in [0.1, 0.15) is 17.0 Å². The van der Waals surface area contributed by atoms with Crippen molar-refractivity contribution in [2.24, 2.45) is 0 Å². The Kier molecular flexibility index (Phi) is 7.17. The molecular weight excluding hydrogens is 673 g/mol. The molecule has 0 fully saturated rings. The lowest BCUT2D eigenvalue weighted by atomic mass is 10.0. The Morgan fingerprint density at radius 1 is 0.545 bits per heavy atom. The van der Waals surface area contributed by atoms with E-state index in [4.69, 9.17) is 9.40 Å². The fourth-order valence-electron chi connectivity index (χ4n) is 8.22. The predicted octanol–water partition coefficient (Wildman–Crippen LogP) is 13.0. The average Bonchev–Trinajstić information content (AvgIpc) is 3.80.